The van der Waals surface area contributed by atoms with Gasteiger partial charge in [0.1, 0.15) is 5.82 Å². The molecule has 0 aliphatic rings. The van der Waals surface area contributed by atoms with Gasteiger partial charge in [-0.1, -0.05) is 6.07 Å². The fraction of sp³-hybridized carbons (Fsp3) is 0.182. The quantitative estimate of drug-likeness (QED) is 0.833. The van der Waals surface area contributed by atoms with Gasteiger partial charge in [-0.2, -0.15) is 8.42 Å². The van der Waals surface area contributed by atoms with Crippen molar-refractivity contribution in [2.24, 2.45) is 7.05 Å². The van der Waals surface area contributed by atoms with E-state index in [9.17, 15) is 13.5 Å². The smallest absolute Gasteiger partial charge is 0.281 e. The van der Waals surface area contributed by atoms with Crippen LogP contribution in [-0.4, -0.2) is 23.1 Å². The van der Waals surface area contributed by atoms with Crippen molar-refractivity contribution in [1.82, 2.24) is 9.55 Å². The average Bonchev–Trinajstić information content (AvgIpc) is 2.66. The molecule has 1 aromatic carbocycles. The minimum atomic E-state index is -3.82. The Morgan fingerprint density at radius 1 is 1.42 bits per heavy atom. The van der Waals surface area contributed by atoms with Gasteiger partial charge in [0, 0.05) is 13.2 Å². The molecule has 2 rings (SSSR count). The Balaban J connectivity index is 2.39. The van der Waals surface area contributed by atoms with Gasteiger partial charge in [-0.15, -0.1) is 0 Å². The van der Waals surface area contributed by atoms with Crippen LogP contribution in [0.3, 0.4) is 0 Å². The molecule has 0 aliphatic carbocycles. The number of nitrogens with zero attached hydrogens (tertiary/aromatic N) is 2. The van der Waals surface area contributed by atoms with Crippen molar-refractivity contribution in [3.63, 3.8) is 0 Å². The number of hydrogen-bond donors (Lipinski definition) is 2. The maximum atomic E-state index is 12.1. The first kappa shape index (κ1) is 13.9. The molecule has 0 aliphatic heterocycles. The number of halogens is 1. The number of phenolic OH excluding ortho intramolecular Hbond substituents is 1. The van der Waals surface area contributed by atoms with Crippen molar-refractivity contribution in [2.75, 3.05) is 4.72 Å². The Bertz CT molecular complexity index is 705. The molecule has 0 radical (unpaired) electrons. The first-order valence-corrected chi connectivity index (χ1v) is 7.59. The van der Waals surface area contributed by atoms with Gasteiger partial charge < -0.3 is 9.67 Å². The van der Waals surface area contributed by atoms with Crippen LogP contribution in [0.25, 0.3) is 0 Å². The molecule has 0 saturated heterocycles. The molecular weight excluding hydrogens is 334 g/mol. The Morgan fingerprint density at radius 2 is 2.11 bits per heavy atom. The lowest BCUT2D eigenvalue weighted by Gasteiger charge is -2.08. The number of hydrogen-bond acceptors (Lipinski definition) is 4. The highest BCUT2D eigenvalue weighted by molar-refractivity contribution is 9.10. The third kappa shape index (κ3) is 2.74. The molecule has 0 amide bonds. The summed E-state index contributed by atoms with van der Waals surface area (Å²) in [7, 11) is -2.11. The summed E-state index contributed by atoms with van der Waals surface area (Å²) < 4.78 is 28.5. The second kappa shape index (κ2) is 4.86. The predicted molar refractivity (Wildman–Crippen MR) is 74.6 cm³/mol. The molecule has 0 saturated carbocycles. The summed E-state index contributed by atoms with van der Waals surface area (Å²) in [6.45, 7) is 1.70. The summed E-state index contributed by atoms with van der Waals surface area (Å²) >= 11 is 3.12. The van der Waals surface area contributed by atoms with Crippen molar-refractivity contribution < 1.29 is 13.5 Å². The summed E-state index contributed by atoms with van der Waals surface area (Å²) in [6.07, 6.45) is 1.41. The molecule has 0 unspecified atom stereocenters. The van der Waals surface area contributed by atoms with Crippen LogP contribution in [-0.2, 0) is 17.1 Å². The maximum Gasteiger partial charge on any atom is 0.281 e. The van der Waals surface area contributed by atoms with Crippen LogP contribution in [0.5, 0.6) is 5.75 Å². The summed E-state index contributed by atoms with van der Waals surface area (Å²) in [5, 5.41) is 9.68. The predicted octanol–water partition coefficient (Wildman–Crippen LogP) is 2.00. The highest BCUT2D eigenvalue weighted by Gasteiger charge is 2.20. The minimum Gasteiger partial charge on any atom is -0.505 e. The Hall–Kier alpha value is -1.54. The number of rotatable bonds is 3. The van der Waals surface area contributed by atoms with E-state index in [1.807, 2.05) is 0 Å². The van der Waals surface area contributed by atoms with Crippen LogP contribution >= 0.6 is 15.9 Å². The number of aromatic nitrogens is 2. The van der Waals surface area contributed by atoms with E-state index >= 15 is 0 Å². The van der Waals surface area contributed by atoms with E-state index in [4.69, 9.17) is 0 Å². The van der Waals surface area contributed by atoms with Crippen molar-refractivity contribution in [1.29, 1.82) is 0 Å². The van der Waals surface area contributed by atoms with Gasteiger partial charge in [-0.05, 0) is 35.0 Å². The molecule has 19 heavy (non-hydrogen) atoms. The van der Waals surface area contributed by atoms with Crippen LogP contribution in [0.15, 0.2) is 33.9 Å². The van der Waals surface area contributed by atoms with Gasteiger partial charge in [0.05, 0.1) is 10.2 Å². The van der Waals surface area contributed by atoms with E-state index in [-0.39, 0.29) is 16.5 Å². The van der Waals surface area contributed by atoms with Crippen LogP contribution in [0, 0.1) is 6.92 Å². The van der Waals surface area contributed by atoms with Gasteiger partial charge in [-0.3, -0.25) is 4.72 Å². The molecular formula is C11H12BrN3O3S. The Morgan fingerprint density at radius 3 is 2.68 bits per heavy atom. The third-order valence-corrected chi connectivity index (χ3v) is 4.47. The molecule has 0 fully saturated rings. The monoisotopic (exact) mass is 345 g/mol. The molecule has 6 nitrogen and oxygen atoms in total. The highest BCUT2D eigenvalue weighted by Crippen LogP contribution is 2.32. The minimum absolute atomic E-state index is 0.0909. The molecule has 2 N–H and O–H groups in total. The summed E-state index contributed by atoms with van der Waals surface area (Å²) in [4.78, 5) is 3.95. The van der Waals surface area contributed by atoms with E-state index in [1.54, 1.807) is 30.7 Å². The third-order valence-electron chi connectivity index (χ3n) is 2.59. The Labute approximate surface area is 119 Å². The van der Waals surface area contributed by atoms with Crippen LogP contribution in [0.2, 0.25) is 0 Å². The lowest BCUT2D eigenvalue weighted by atomic mass is 10.3. The number of imidazole rings is 1. The zero-order valence-electron chi connectivity index (χ0n) is 10.3. The average molecular weight is 346 g/mol. The lowest BCUT2D eigenvalue weighted by Crippen LogP contribution is -2.13. The number of anilines is 1. The van der Waals surface area contributed by atoms with Crippen molar-refractivity contribution in [3.05, 3.63) is 34.7 Å². The van der Waals surface area contributed by atoms with Crippen LogP contribution in [0.4, 0.5) is 5.69 Å². The second-order valence-corrected chi connectivity index (χ2v) is 6.46. The number of phenols is 1. The zero-order chi connectivity index (χ0) is 14.2. The first-order valence-electron chi connectivity index (χ1n) is 5.31. The molecule has 1 heterocycles. The molecule has 2 aromatic rings. The fourth-order valence-corrected chi connectivity index (χ4v) is 2.92. The van der Waals surface area contributed by atoms with Gasteiger partial charge in [0.25, 0.3) is 10.0 Å². The normalized spacial score (nSPS) is 11.5. The van der Waals surface area contributed by atoms with Crippen molar-refractivity contribution in [2.45, 2.75) is 11.9 Å². The van der Waals surface area contributed by atoms with E-state index in [2.05, 4.69) is 25.6 Å². The standard InChI is InChI=1S/C11H12BrN3O3S/c1-7-13-10(6-15(7)2)19(17,18)14-9-5-3-4-8(12)11(9)16/h3-6,14,16H,1-2H3. The number of aromatic hydroxyl groups is 1. The zero-order valence-corrected chi connectivity index (χ0v) is 12.7. The topological polar surface area (TPSA) is 84.2 Å². The van der Waals surface area contributed by atoms with Gasteiger partial charge >= 0.3 is 0 Å². The molecule has 8 heteroatoms. The molecule has 102 valence electrons. The largest absolute Gasteiger partial charge is 0.505 e. The molecule has 1 aromatic heterocycles. The van der Waals surface area contributed by atoms with Crippen LogP contribution < -0.4 is 4.72 Å². The number of aryl methyl sites for hydroxylation is 2. The summed E-state index contributed by atoms with van der Waals surface area (Å²) in [5.41, 5.74) is 0.0951. The fourth-order valence-electron chi connectivity index (χ4n) is 1.45. The Kier molecular flexibility index (Phi) is 3.55. The number of sulfonamides is 1. The number of benzene rings is 1. The van der Waals surface area contributed by atoms with Crippen LogP contribution in [0.1, 0.15) is 5.82 Å². The van der Waals surface area contributed by atoms with E-state index in [1.165, 1.54) is 12.3 Å². The van der Waals surface area contributed by atoms with Gasteiger partial charge in [0.15, 0.2) is 10.8 Å². The highest BCUT2D eigenvalue weighted by atomic mass is 79.9. The van der Waals surface area contributed by atoms with Crippen molar-refractivity contribution in [3.8, 4) is 5.75 Å². The van der Waals surface area contributed by atoms with Gasteiger partial charge in [0.2, 0.25) is 0 Å². The molecule has 0 spiro atoms. The first-order chi connectivity index (χ1) is 8.81. The summed E-state index contributed by atoms with van der Waals surface area (Å²) in [5.74, 6) is 0.414. The maximum absolute atomic E-state index is 12.1. The number of para-hydroxylation sites is 1. The van der Waals surface area contributed by atoms with E-state index in [0.717, 1.165) is 0 Å². The second-order valence-electron chi connectivity index (χ2n) is 3.98. The van der Waals surface area contributed by atoms with E-state index < -0.39 is 10.0 Å². The molecule has 0 atom stereocenters. The van der Waals surface area contributed by atoms with Gasteiger partial charge in [-0.25, -0.2) is 4.98 Å². The van der Waals surface area contributed by atoms with E-state index in [0.29, 0.717) is 10.3 Å². The SMILES string of the molecule is Cc1nc(S(=O)(=O)Nc2cccc(Br)c2O)cn1C. The lowest BCUT2D eigenvalue weighted by molar-refractivity contribution is 0.474. The molecule has 0 bridgehead atoms. The number of nitrogens with one attached hydrogen (secondary N) is 1. The summed E-state index contributed by atoms with van der Waals surface area (Å²) in [6, 6.07) is 4.69. The van der Waals surface area contributed by atoms with Crippen molar-refractivity contribution >= 4 is 31.6 Å².